The molecule has 1 heterocycles. The molecule has 1 aliphatic heterocycles. The van der Waals surface area contributed by atoms with Gasteiger partial charge in [-0.15, -0.1) is 11.8 Å². The minimum atomic E-state index is -3.87. The maximum Gasteiger partial charge on any atom is 0.240 e. The average Bonchev–Trinajstić information content (AvgIpc) is 2.99. The quantitative estimate of drug-likeness (QED) is 0.651. The summed E-state index contributed by atoms with van der Waals surface area (Å²) in [6, 6.07) is 3.41. The van der Waals surface area contributed by atoms with E-state index in [0.29, 0.717) is 10.6 Å². The summed E-state index contributed by atoms with van der Waals surface area (Å²) in [6.07, 6.45) is 7.51. The summed E-state index contributed by atoms with van der Waals surface area (Å²) in [7, 11) is -3.87. The summed E-state index contributed by atoms with van der Waals surface area (Å²) in [6.45, 7) is 1.11. The third kappa shape index (κ3) is 4.49. The van der Waals surface area contributed by atoms with Crippen LogP contribution in [0.5, 0.6) is 0 Å². The van der Waals surface area contributed by atoms with Gasteiger partial charge in [0.25, 0.3) is 0 Å². The summed E-state index contributed by atoms with van der Waals surface area (Å²) >= 11 is 7.49. The van der Waals surface area contributed by atoms with Gasteiger partial charge in [0.05, 0.1) is 0 Å². The Balaban J connectivity index is 1.81. The molecule has 0 spiro atoms. The lowest BCUT2D eigenvalue weighted by atomic mass is 9.90. The number of carbonyl (C=O) groups is 1. The van der Waals surface area contributed by atoms with Crippen molar-refractivity contribution in [1.29, 1.82) is 0 Å². The van der Waals surface area contributed by atoms with E-state index in [0.717, 1.165) is 31.1 Å². The summed E-state index contributed by atoms with van der Waals surface area (Å²) < 4.78 is 39.8. The molecule has 2 aliphatic rings. The predicted octanol–water partition coefficient (Wildman–Crippen LogP) is 4.63. The van der Waals surface area contributed by atoms with Crippen molar-refractivity contribution < 1.29 is 23.0 Å². The predicted molar refractivity (Wildman–Crippen MR) is 109 cm³/mol. The van der Waals surface area contributed by atoms with Gasteiger partial charge in [-0.2, -0.15) is 0 Å². The third-order valence-electron chi connectivity index (χ3n) is 4.40. The molecular weight excluding hydrogens is 427 g/mol. The molecule has 4 unspecified atom stereocenters. The second kappa shape index (κ2) is 8.37. The van der Waals surface area contributed by atoms with Gasteiger partial charge >= 0.3 is 0 Å². The molecule has 1 aromatic carbocycles. The smallest absolute Gasteiger partial charge is 0.240 e. The van der Waals surface area contributed by atoms with Gasteiger partial charge in [-0.3, -0.25) is 9.36 Å². The summed E-state index contributed by atoms with van der Waals surface area (Å²) in [5, 5.41) is 4.58. The monoisotopic (exact) mass is 443 g/mol. The van der Waals surface area contributed by atoms with E-state index in [4.69, 9.17) is 11.6 Å². The first-order valence-corrected chi connectivity index (χ1v) is 11.8. The van der Waals surface area contributed by atoms with E-state index in [2.05, 4.69) is 5.32 Å². The zero-order chi connectivity index (χ0) is 20.5. The van der Waals surface area contributed by atoms with Crippen molar-refractivity contribution in [2.24, 2.45) is 5.92 Å². The van der Waals surface area contributed by atoms with Crippen molar-refractivity contribution in [3.05, 3.63) is 75.8 Å². The number of halogens is 3. The number of benzene rings is 1. The fourth-order valence-electron chi connectivity index (χ4n) is 3.13. The highest BCUT2D eigenvalue weighted by atomic mass is 35.5. The molecule has 0 saturated carbocycles. The van der Waals surface area contributed by atoms with E-state index < -0.39 is 30.6 Å². The number of amides is 1. The van der Waals surface area contributed by atoms with Gasteiger partial charge in [0.15, 0.2) is 0 Å². The van der Waals surface area contributed by atoms with E-state index in [1.807, 2.05) is 6.08 Å². The molecule has 0 aromatic heterocycles. The van der Waals surface area contributed by atoms with Crippen LogP contribution in [0.15, 0.2) is 58.6 Å². The van der Waals surface area contributed by atoms with Crippen LogP contribution >= 0.6 is 30.7 Å². The van der Waals surface area contributed by atoms with Crippen molar-refractivity contribution >= 4 is 42.7 Å². The van der Waals surface area contributed by atoms with Crippen molar-refractivity contribution in [3.8, 4) is 0 Å². The second-order valence-corrected chi connectivity index (χ2v) is 10.4. The van der Waals surface area contributed by atoms with Gasteiger partial charge < -0.3 is 10.2 Å². The average molecular weight is 444 g/mol. The minimum Gasteiger partial charge on any atom is -0.344 e. The Morgan fingerprint density at radius 1 is 1.39 bits per heavy atom. The number of hydrogen-bond acceptors (Lipinski definition) is 3. The second-order valence-electron chi connectivity index (χ2n) is 6.48. The number of fused-ring (bicyclic) bond motifs is 1. The molecule has 1 aromatic rings. The topological polar surface area (TPSA) is 66.4 Å². The van der Waals surface area contributed by atoms with Crippen molar-refractivity contribution in [3.63, 3.8) is 0 Å². The molecule has 9 heteroatoms. The molecule has 0 saturated heterocycles. The molecular formula is C19H17ClF2NO3PS. The fraction of sp³-hybridized carbons (Fsp3) is 0.211. The number of thioether (sulfide) groups is 1. The number of carbonyl (C=O) groups excluding carboxylic acids is 1. The van der Waals surface area contributed by atoms with Crippen molar-refractivity contribution in [2.45, 2.75) is 10.9 Å². The van der Waals surface area contributed by atoms with Gasteiger partial charge in [0.1, 0.15) is 17.3 Å². The summed E-state index contributed by atoms with van der Waals surface area (Å²) in [5.74, 6) is -2.56. The highest BCUT2D eigenvalue weighted by molar-refractivity contribution is 8.03. The van der Waals surface area contributed by atoms with Crippen molar-refractivity contribution in [2.75, 3.05) is 6.66 Å². The van der Waals surface area contributed by atoms with Gasteiger partial charge in [0.2, 0.25) is 13.3 Å². The molecule has 1 amide bonds. The summed E-state index contributed by atoms with van der Waals surface area (Å²) in [5.41, 5.74) is -1.11. The number of rotatable bonds is 5. The van der Waals surface area contributed by atoms with Crippen LogP contribution in [0.3, 0.4) is 0 Å². The van der Waals surface area contributed by atoms with Gasteiger partial charge in [-0.25, -0.2) is 8.78 Å². The summed E-state index contributed by atoms with van der Waals surface area (Å²) in [4.78, 5) is 22.9. The maximum atomic E-state index is 13.7. The Kier molecular flexibility index (Phi) is 6.30. The van der Waals surface area contributed by atoms with Crippen LogP contribution in [-0.2, 0) is 9.36 Å². The largest absolute Gasteiger partial charge is 0.344 e. The maximum absolute atomic E-state index is 13.7. The lowest BCUT2D eigenvalue weighted by molar-refractivity contribution is -0.119. The van der Waals surface area contributed by atoms with Gasteiger partial charge in [-0.05, 0) is 35.3 Å². The molecule has 0 bridgehead atoms. The van der Waals surface area contributed by atoms with Crippen LogP contribution in [0.25, 0.3) is 6.08 Å². The molecule has 0 fully saturated rings. The highest BCUT2D eigenvalue weighted by Crippen LogP contribution is 2.53. The van der Waals surface area contributed by atoms with E-state index in [-0.39, 0.29) is 16.7 Å². The molecule has 2 N–H and O–H groups in total. The van der Waals surface area contributed by atoms with Crippen LogP contribution in [0.1, 0.15) is 5.56 Å². The zero-order valence-electron chi connectivity index (χ0n) is 14.7. The van der Waals surface area contributed by atoms with E-state index >= 15 is 0 Å². The van der Waals surface area contributed by atoms with E-state index in [1.54, 1.807) is 17.6 Å². The normalized spacial score (nSPS) is 24.3. The number of nitrogens with one attached hydrogen (secondary N) is 1. The first kappa shape index (κ1) is 21.1. The van der Waals surface area contributed by atoms with Crippen LogP contribution in [0.4, 0.5) is 8.78 Å². The SMILES string of the molecule is CP(=O)(O)C(C(=O)N/C=C/c1c(F)cccc1F)C1=CSC2C=CC(Cl)=CC12. The molecule has 1 aliphatic carbocycles. The molecule has 0 radical (unpaired) electrons. The van der Waals surface area contributed by atoms with Gasteiger partial charge in [0, 0.05) is 34.6 Å². The van der Waals surface area contributed by atoms with Crippen LogP contribution in [0.2, 0.25) is 0 Å². The number of allylic oxidation sites excluding steroid dienone is 3. The molecule has 28 heavy (non-hydrogen) atoms. The zero-order valence-corrected chi connectivity index (χ0v) is 17.1. The molecule has 4 nitrogen and oxygen atoms in total. The standard InChI is InChI=1S/C19H17ClF2NO3PS/c1-27(25,26)18(14-10-28-17-6-5-11(20)9-13(14)17)19(24)23-8-7-12-15(21)3-2-4-16(12)22/h2-10,13,17-18H,1H3,(H,23,24)(H,25,26)/b8-7+. The van der Waals surface area contributed by atoms with E-state index in [1.165, 1.54) is 17.8 Å². The number of hydrogen-bond donors (Lipinski definition) is 2. The molecule has 4 atom stereocenters. The fourth-order valence-corrected chi connectivity index (χ4v) is 5.93. The molecule has 3 rings (SSSR count). The van der Waals surface area contributed by atoms with E-state index in [9.17, 15) is 23.0 Å². The minimum absolute atomic E-state index is 0.00222. The highest BCUT2D eigenvalue weighted by Gasteiger charge is 2.43. The van der Waals surface area contributed by atoms with Crippen LogP contribution in [-0.4, -0.2) is 28.4 Å². The Morgan fingerprint density at radius 3 is 2.71 bits per heavy atom. The first-order chi connectivity index (χ1) is 13.2. The Labute approximate surface area is 170 Å². The third-order valence-corrected chi connectivity index (χ3v) is 7.32. The van der Waals surface area contributed by atoms with Crippen LogP contribution < -0.4 is 5.32 Å². The lowest BCUT2D eigenvalue weighted by Crippen LogP contribution is -2.35. The van der Waals surface area contributed by atoms with Crippen LogP contribution in [0, 0.1) is 17.6 Å². The Morgan fingerprint density at radius 2 is 2.07 bits per heavy atom. The first-order valence-electron chi connectivity index (χ1n) is 8.30. The molecule has 148 valence electrons. The lowest BCUT2D eigenvalue weighted by Gasteiger charge is -2.26. The Bertz CT molecular complexity index is 950. The van der Waals surface area contributed by atoms with Gasteiger partial charge in [-0.1, -0.05) is 29.8 Å². The Hall–Kier alpha value is -1.66. The van der Waals surface area contributed by atoms with Crippen molar-refractivity contribution in [1.82, 2.24) is 5.32 Å².